The summed E-state index contributed by atoms with van der Waals surface area (Å²) in [5.74, 6) is 0.704. The Morgan fingerprint density at radius 1 is 1.47 bits per heavy atom. The first-order valence-corrected chi connectivity index (χ1v) is 4.31. The molecule has 0 radical (unpaired) electrons. The van der Waals surface area contributed by atoms with E-state index < -0.39 is 0 Å². The summed E-state index contributed by atoms with van der Waals surface area (Å²) in [6, 6.07) is 0. The highest BCUT2D eigenvalue weighted by molar-refractivity contribution is 7.79. The Labute approximate surface area is 107 Å². The first kappa shape index (κ1) is 20.2. The van der Waals surface area contributed by atoms with Crippen molar-refractivity contribution in [2.75, 3.05) is 0 Å². The second-order valence-corrected chi connectivity index (χ2v) is 2.87. The zero-order valence-corrected chi connectivity index (χ0v) is 10.8. The number of aryl methyl sites for hydroxylation is 1. The summed E-state index contributed by atoms with van der Waals surface area (Å²) in [4.78, 5) is 3.99. The number of nitrogens with zero attached hydrogens (tertiary/aromatic N) is 1. The summed E-state index contributed by atoms with van der Waals surface area (Å²) in [7, 11) is 0. The Hall–Kier alpha value is -0.200. The number of aromatic nitrogens is 1. The van der Waals surface area contributed by atoms with Crippen LogP contribution in [0, 0.1) is 6.92 Å². The maximum absolute atomic E-state index is 9.54. The topological polar surface area (TPSA) is 90.6 Å². The van der Waals surface area contributed by atoms with Crippen LogP contribution in [0.4, 0.5) is 0 Å². The highest BCUT2D eigenvalue weighted by atomic mass is 35.5. The molecule has 0 aromatic carbocycles. The Kier molecular flexibility index (Phi) is 12.2. The first-order valence-electron chi connectivity index (χ1n) is 3.68. The number of halogens is 2. The van der Waals surface area contributed by atoms with Gasteiger partial charge in [-0.2, -0.15) is 12.6 Å². The molecule has 0 unspecified atom stereocenters. The van der Waals surface area contributed by atoms with Crippen molar-refractivity contribution in [2.45, 2.75) is 19.2 Å². The molecule has 0 saturated heterocycles. The normalized spacial score (nSPS) is 8.20. The van der Waals surface area contributed by atoms with Gasteiger partial charge < -0.3 is 16.3 Å². The van der Waals surface area contributed by atoms with Crippen molar-refractivity contribution in [1.82, 2.24) is 4.98 Å². The fraction of sp³-hybridized carbons (Fsp3) is 0.375. The zero-order chi connectivity index (χ0) is 9.14. The van der Waals surface area contributed by atoms with E-state index in [1.54, 1.807) is 13.1 Å². The largest absolute Gasteiger partial charge is 0.506 e. The summed E-state index contributed by atoms with van der Waals surface area (Å²) in [6.45, 7) is 2.14. The van der Waals surface area contributed by atoms with E-state index in [2.05, 4.69) is 17.6 Å². The van der Waals surface area contributed by atoms with E-state index in [9.17, 15) is 5.11 Å². The number of thiol groups is 1. The van der Waals surface area contributed by atoms with Crippen LogP contribution in [-0.4, -0.2) is 15.6 Å². The van der Waals surface area contributed by atoms with Gasteiger partial charge in [-0.05, 0) is 12.5 Å². The van der Waals surface area contributed by atoms with Gasteiger partial charge in [0.15, 0.2) is 0 Å². The van der Waals surface area contributed by atoms with Gasteiger partial charge in [0.1, 0.15) is 5.75 Å². The van der Waals surface area contributed by atoms with Gasteiger partial charge in [-0.15, -0.1) is 24.8 Å². The van der Waals surface area contributed by atoms with Crippen LogP contribution in [-0.2, 0) is 12.3 Å². The molecule has 0 fully saturated rings. The molecule has 15 heavy (non-hydrogen) atoms. The third-order valence-corrected chi connectivity index (χ3v) is 2.12. The van der Waals surface area contributed by atoms with Crippen molar-refractivity contribution in [3.05, 3.63) is 23.0 Å². The molecular weight excluding hydrogens is 259 g/mol. The molecule has 0 aliphatic rings. The van der Waals surface area contributed by atoms with Crippen LogP contribution in [0.25, 0.3) is 0 Å². The molecule has 1 aromatic rings. The predicted molar refractivity (Wildman–Crippen MR) is 69.3 cm³/mol. The van der Waals surface area contributed by atoms with Gasteiger partial charge in [-0.1, -0.05) is 0 Å². The van der Waals surface area contributed by atoms with Crippen molar-refractivity contribution >= 4 is 37.4 Å². The van der Waals surface area contributed by atoms with Gasteiger partial charge in [0.05, 0.1) is 5.69 Å². The lowest BCUT2D eigenvalue weighted by Crippen LogP contribution is -2.02. The lowest BCUT2D eigenvalue weighted by atomic mass is 10.1. The van der Waals surface area contributed by atoms with E-state index in [1.165, 1.54) is 0 Å². The molecule has 0 bridgehead atoms. The SMILES string of the molecule is Cc1ncc(CN)c(CS)c1O.Cl.Cl.O. The van der Waals surface area contributed by atoms with Crippen molar-refractivity contribution in [3.63, 3.8) is 0 Å². The minimum Gasteiger partial charge on any atom is -0.506 e. The number of hydrogen-bond acceptors (Lipinski definition) is 4. The summed E-state index contributed by atoms with van der Waals surface area (Å²) in [5, 5.41) is 9.54. The molecule has 0 aliphatic carbocycles. The van der Waals surface area contributed by atoms with Crippen molar-refractivity contribution < 1.29 is 10.6 Å². The van der Waals surface area contributed by atoms with Gasteiger partial charge >= 0.3 is 0 Å². The smallest absolute Gasteiger partial charge is 0.141 e. The van der Waals surface area contributed by atoms with Crippen LogP contribution in [0.5, 0.6) is 5.75 Å². The fourth-order valence-corrected chi connectivity index (χ4v) is 1.39. The highest BCUT2D eigenvalue weighted by Crippen LogP contribution is 2.24. The van der Waals surface area contributed by atoms with Gasteiger partial charge in [-0.3, -0.25) is 4.98 Å². The average Bonchev–Trinajstić information content (AvgIpc) is 2.09. The molecule has 0 saturated carbocycles. The Balaban J connectivity index is -0.000000480. The van der Waals surface area contributed by atoms with Crippen LogP contribution in [0.15, 0.2) is 6.20 Å². The number of aromatic hydroxyl groups is 1. The maximum atomic E-state index is 9.54. The lowest BCUT2D eigenvalue weighted by Gasteiger charge is -2.08. The molecule has 5 N–H and O–H groups in total. The summed E-state index contributed by atoms with van der Waals surface area (Å²) in [6.07, 6.45) is 1.68. The standard InChI is InChI=1S/C8H12N2OS.2ClH.H2O/c1-5-8(11)7(4-12)6(2-9)3-10-5;;;/h3,11-12H,2,4,9H2,1H3;2*1H;1H2. The predicted octanol–water partition coefficient (Wildman–Crippen LogP) is 1.00. The molecule has 0 amide bonds. The van der Waals surface area contributed by atoms with Gasteiger partial charge in [0.2, 0.25) is 0 Å². The molecule has 7 heteroatoms. The van der Waals surface area contributed by atoms with Crippen molar-refractivity contribution in [2.24, 2.45) is 5.73 Å². The monoisotopic (exact) mass is 274 g/mol. The van der Waals surface area contributed by atoms with E-state index in [-0.39, 0.29) is 36.0 Å². The minimum atomic E-state index is 0. The van der Waals surface area contributed by atoms with E-state index >= 15 is 0 Å². The Morgan fingerprint density at radius 3 is 2.40 bits per heavy atom. The van der Waals surface area contributed by atoms with Gasteiger partial charge in [0, 0.05) is 24.1 Å². The number of nitrogens with two attached hydrogens (primary N) is 1. The van der Waals surface area contributed by atoms with Crippen LogP contribution in [0.3, 0.4) is 0 Å². The molecule has 1 rings (SSSR count). The van der Waals surface area contributed by atoms with Crippen LogP contribution >= 0.6 is 37.4 Å². The van der Waals surface area contributed by atoms with E-state index in [1.807, 2.05) is 0 Å². The first-order chi connectivity index (χ1) is 5.70. The van der Waals surface area contributed by atoms with E-state index in [0.717, 1.165) is 11.1 Å². The van der Waals surface area contributed by atoms with Crippen LogP contribution in [0.1, 0.15) is 16.8 Å². The Morgan fingerprint density at radius 2 is 2.00 bits per heavy atom. The quantitative estimate of drug-likeness (QED) is 0.703. The van der Waals surface area contributed by atoms with Crippen molar-refractivity contribution in [3.8, 4) is 5.75 Å². The second kappa shape index (κ2) is 9.06. The molecule has 0 aliphatic heterocycles. The molecule has 0 spiro atoms. The molecule has 90 valence electrons. The average molecular weight is 275 g/mol. The van der Waals surface area contributed by atoms with Crippen LogP contribution < -0.4 is 5.73 Å². The zero-order valence-electron chi connectivity index (χ0n) is 8.23. The lowest BCUT2D eigenvalue weighted by molar-refractivity contribution is 0.461. The number of rotatable bonds is 2. The summed E-state index contributed by atoms with van der Waals surface area (Å²) < 4.78 is 0. The summed E-state index contributed by atoms with van der Waals surface area (Å²) in [5.41, 5.74) is 7.72. The molecule has 1 aromatic heterocycles. The van der Waals surface area contributed by atoms with Crippen molar-refractivity contribution in [1.29, 1.82) is 0 Å². The minimum absolute atomic E-state index is 0. The third kappa shape index (κ3) is 4.44. The molecule has 1 heterocycles. The molecule has 4 nitrogen and oxygen atoms in total. The van der Waals surface area contributed by atoms with Crippen LogP contribution in [0.2, 0.25) is 0 Å². The summed E-state index contributed by atoms with van der Waals surface area (Å²) >= 11 is 4.11. The molecular formula is C8H16Cl2N2O2S. The molecule has 0 atom stereocenters. The highest BCUT2D eigenvalue weighted by Gasteiger charge is 2.08. The maximum Gasteiger partial charge on any atom is 0.141 e. The van der Waals surface area contributed by atoms with Gasteiger partial charge in [-0.25, -0.2) is 0 Å². The fourth-order valence-electron chi connectivity index (χ4n) is 1.04. The number of pyridine rings is 1. The van der Waals surface area contributed by atoms with E-state index in [4.69, 9.17) is 5.73 Å². The van der Waals surface area contributed by atoms with Gasteiger partial charge in [0.25, 0.3) is 0 Å². The van der Waals surface area contributed by atoms with E-state index in [0.29, 0.717) is 18.0 Å². The second-order valence-electron chi connectivity index (χ2n) is 2.56. The third-order valence-electron chi connectivity index (χ3n) is 1.81. The number of hydrogen-bond donors (Lipinski definition) is 3. The Bertz CT molecular complexity index is 300.